The molecule has 0 bridgehead atoms. The molecule has 1 aliphatic heterocycles. The fourth-order valence-corrected chi connectivity index (χ4v) is 3.01. The molecule has 0 spiro atoms. The number of aryl methyl sites for hydroxylation is 3. The molecule has 5 nitrogen and oxygen atoms in total. The molecule has 0 radical (unpaired) electrons. The highest BCUT2D eigenvalue weighted by Crippen LogP contribution is 2.15. The number of guanidine groups is 1. The topological polar surface area (TPSA) is 62.7 Å². The van der Waals surface area contributed by atoms with E-state index in [1.54, 1.807) is 6.07 Å². The third kappa shape index (κ3) is 5.41. The number of aliphatic imine (C=N–C) groups is 1. The van der Waals surface area contributed by atoms with Crippen LogP contribution in [0.1, 0.15) is 39.9 Å². The molecule has 1 saturated heterocycles. The molecule has 0 aliphatic carbocycles. The van der Waals surface area contributed by atoms with Crippen LogP contribution in [0, 0.1) is 20.8 Å². The van der Waals surface area contributed by atoms with Gasteiger partial charge in [0.2, 0.25) is 5.96 Å². The Kier molecular flexibility index (Phi) is 6.24. The number of benzene rings is 2. The van der Waals surface area contributed by atoms with E-state index in [0.717, 1.165) is 30.7 Å². The summed E-state index contributed by atoms with van der Waals surface area (Å²) in [5.74, 6) is 0.265. The van der Waals surface area contributed by atoms with E-state index in [4.69, 9.17) is 4.74 Å². The maximum Gasteiger partial charge on any atom is 0.257 e. The standard InChI is InChI=1S/C22H27N3O2/c1-15-6-4-7-18(12-15)21(26)25-22(23-14-20-8-5-11-27-20)24-19-10-9-16(2)17(3)13-19/h4,6-7,9-10,12-13,20H,5,8,11,14H2,1-3H3,(H2,23,24,25,26)/t20-/m0/s1. The van der Waals surface area contributed by atoms with Crippen LogP contribution in [0.15, 0.2) is 47.5 Å². The Morgan fingerprint density at radius 1 is 1.15 bits per heavy atom. The molecule has 1 amide bonds. The summed E-state index contributed by atoms with van der Waals surface area (Å²) in [5.41, 5.74) is 4.96. The average Bonchev–Trinajstić information content (AvgIpc) is 3.16. The smallest absolute Gasteiger partial charge is 0.257 e. The number of amides is 1. The molecule has 2 N–H and O–H groups in total. The van der Waals surface area contributed by atoms with Crippen molar-refractivity contribution in [2.24, 2.45) is 4.99 Å². The van der Waals surface area contributed by atoms with Crippen LogP contribution in [0.25, 0.3) is 0 Å². The highest BCUT2D eigenvalue weighted by atomic mass is 16.5. The van der Waals surface area contributed by atoms with Crippen LogP contribution in [0.3, 0.4) is 0 Å². The molecule has 142 valence electrons. The van der Waals surface area contributed by atoms with Gasteiger partial charge in [0.25, 0.3) is 5.91 Å². The zero-order valence-electron chi connectivity index (χ0n) is 16.2. The van der Waals surface area contributed by atoms with Crippen molar-refractivity contribution in [2.45, 2.75) is 39.7 Å². The van der Waals surface area contributed by atoms with Gasteiger partial charge in [0.15, 0.2) is 0 Å². The Balaban J connectivity index is 1.76. The second-order valence-electron chi connectivity index (χ2n) is 7.07. The van der Waals surface area contributed by atoms with E-state index in [2.05, 4.69) is 41.6 Å². The first-order valence-electron chi connectivity index (χ1n) is 9.39. The van der Waals surface area contributed by atoms with Gasteiger partial charge in [-0.05, 0) is 69.0 Å². The van der Waals surface area contributed by atoms with E-state index in [0.29, 0.717) is 18.1 Å². The third-order valence-corrected chi connectivity index (χ3v) is 4.76. The molecule has 2 aromatic rings. The number of nitrogens with zero attached hydrogens (tertiary/aromatic N) is 1. The van der Waals surface area contributed by atoms with Crippen LogP contribution in [-0.2, 0) is 4.74 Å². The van der Waals surface area contributed by atoms with E-state index in [-0.39, 0.29) is 12.0 Å². The molecule has 5 heteroatoms. The van der Waals surface area contributed by atoms with E-state index >= 15 is 0 Å². The lowest BCUT2D eigenvalue weighted by molar-refractivity contribution is 0.0975. The minimum absolute atomic E-state index is 0.123. The van der Waals surface area contributed by atoms with Gasteiger partial charge in [-0.1, -0.05) is 23.8 Å². The fraction of sp³-hybridized carbons (Fsp3) is 0.364. The highest BCUT2D eigenvalue weighted by molar-refractivity contribution is 6.10. The van der Waals surface area contributed by atoms with Crippen molar-refractivity contribution in [3.8, 4) is 0 Å². The number of hydrogen-bond acceptors (Lipinski definition) is 3. The zero-order valence-corrected chi connectivity index (χ0v) is 16.2. The van der Waals surface area contributed by atoms with Crippen molar-refractivity contribution in [2.75, 3.05) is 18.5 Å². The first kappa shape index (κ1) is 19.1. The van der Waals surface area contributed by atoms with Gasteiger partial charge < -0.3 is 10.1 Å². The number of rotatable bonds is 4. The Morgan fingerprint density at radius 2 is 2.00 bits per heavy atom. The van der Waals surface area contributed by atoms with E-state index in [1.807, 2.05) is 31.2 Å². The molecule has 0 aromatic heterocycles. The van der Waals surface area contributed by atoms with Gasteiger partial charge in [-0.3, -0.25) is 10.1 Å². The van der Waals surface area contributed by atoms with Gasteiger partial charge in [0, 0.05) is 17.9 Å². The number of nitrogens with one attached hydrogen (secondary N) is 2. The lowest BCUT2D eigenvalue weighted by Gasteiger charge is -2.14. The van der Waals surface area contributed by atoms with Gasteiger partial charge in [0.1, 0.15) is 0 Å². The third-order valence-electron chi connectivity index (χ3n) is 4.76. The summed E-state index contributed by atoms with van der Waals surface area (Å²) < 4.78 is 5.65. The van der Waals surface area contributed by atoms with Crippen LogP contribution in [0.5, 0.6) is 0 Å². The van der Waals surface area contributed by atoms with Gasteiger partial charge >= 0.3 is 0 Å². The summed E-state index contributed by atoms with van der Waals surface area (Å²) in [5, 5.41) is 6.16. The fourth-order valence-electron chi connectivity index (χ4n) is 3.01. The molecule has 1 aliphatic rings. The van der Waals surface area contributed by atoms with Crippen molar-refractivity contribution < 1.29 is 9.53 Å². The maximum absolute atomic E-state index is 12.7. The van der Waals surface area contributed by atoms with Crippen LogP contribution in [0.4, 0.5) is 5.69 Å². The van der Waals surface area contributed by atoms with Crippen LogP contribution < -0.4 is 10.6 Å². The summed E-state index contributed by atoms with van der Waals surface area (Å²) in [6.07, 6.45) is 2.19. The van der Waals surface area contributed by atoms with Gasteiger partial charge in [-0.25, -0.2) is 4.99 Å². The molecule has 3 rings (SSSR count). The van der Waals surface area contributed by atoms with Gasteiger partial charge in [0.05, 0.1) is 12.6 Å². The lowest BCUT2D eigenvalue weighted by atomic mass is 10.1. The van der Waals surface area contributed by atoms with Crippen molar-refractivity contribution >= 4 is 17.6 Å². The van der Waals surface area contributed by atoms with E-state index < -0.39 is 0 Å². The summed E-state index contributed by atoms with van der Waals surface area (Å²) in [4.78, 5) is 17.2. The molecule has 0 saturated carbocycles. The molecule has 0 unspecified atom stereocenters. The predicted octanol–water partition coefficient (Wildman–Crippen LogP) is 3.99. The minimum Gasteiger partial charge on any atom is -0.376 e. The molecule has 27 heavy (non-hydrogen) atoms. The predicted molar refractivity (Wildman–Crippen MR) is 109 cm³/mol. The van der Waals surface area contributed by atoms with Crippen LogP contribution in [-0.4, -0.2) is 31.1 Å². The number of hydrogen-bond donors (Lipinski definition) is 2. The van der Waals surface area contributed by atoms with E-state index in [1.165, 1.54) is 11.1 Å². The largest absolute Gasteiger partial charge is 0.376 e. The Bertz CT molecular complexity index is 839. The monoisotopic (exact) mass is 365 g/mol. The van der Waals surface area contributed by atoms with E-state index in [9.17, 15) is 4.79 Å². The quantitative estimate of drug-likeness (QED) is 0.636. The molecular formula is C22H27N3O2. The van der Waals surface area contributed by atoms with Crippen molar-refractivity contribution in [1.29, 1.82) is 0 Å². The number of ether oxygens (including phenoxy) is 1. The molecule has 2 aromatic carbocycles. The molecule has 1 fully saturated rings. The lowest BCUT2D eigenvalue weighted by Crippen LogP contribution is -2.36. The summed E-state index contributed by atoms with van der Waals surface area (Å²) in [7, 11) is 0. The normalized spacial score (nSPS) is 17.0. The Hall–Kier alpha value is -2.66. The Morgan fingerprint density at radius 3 is 2.70 bits per heavy atom. The second-order valence-corrected chi connectivity index (χ2v) is 7.07. The first-order chi connectivity index (χ1) is 13.0. The average molecular weight is 365 g/mol. The number of carbonyl (C=O) groups is 1. The van der Waals surface area contributed by atoms with Crippen molar-refractivity contribution in [3.63, 3.8) is 0 Å². The van der Waals surface area contributed by atoms with Crippen molar-refractivity contribution in [1.82, 2.24) is 5.32 Å². The summed E-state index contributed by atoms with van der Waals surface area (Å²) in [6.45, 7) is 7.42. The summed E-state index contributed by atoms with van der Waals surface area (Å²) in [6, 6.07) is 13.6. The van der Waals surface area contributed by atoms with Crippen LogP contribution >= 0.6 is 0 Å². The van der Waals surface area contributed by atoms with Gasteiger partial charge in [-0.2, -0.15) is 0 Å². The minimum atomic E-state index is -0.180. The molecular weight excluding hydrogens is 338 g/mol. The maximum atomic E-state index is 12.7. The second kappa shape index (κ2) is 8.82. The first-order valence-corrected chi connectivity index (χ1v) is 9.39. The SMILES string of the molecule is Cc1cccc(C(=O)NC(=NC[C@@H]2CCCO2)Nc2ccc(C)c(C)c2)c1. The van der Waals surface area contributed by atoms with Crippen molar-refractivity contribution in [3.05, 3.63) is 64.7 Å². The van der Waals surface area contributed by atoms with Crippen LogP contribution in [0.2, 0.25) is 0 Å². The zero-order chi connectivity index (χ0) is 19.2. The highest BCUT2D eigenvalue weighted by Gasteiger charge is 2.16. The summed E-state index contributed by atoms with van der Waals surface area (Å²) >= 11 is 0. The van der Waals surface area contributed by atoms with Gasteiger partial charge in [-0.15, -0.1) is 0 Å². The Labute approximate surface area is 160 Å². The number of anilines is 1. The molecule has 1 atom stereocenters. The molecule has 1 heterocycles. The number of carbonyl (C=O) groups excluding carboxylic acids is 1.